The smallest absolute Gasteiger partial charge is 0.0197 e. The standard InChI is InChI=1S/C16H30N2/c1-3-11-18(12-4-2)13-15-10-9-14-7-5-6-8-16(14)17-15/h3,14-17H,1,4-13H2,2H3. The minimum atomic E-state index is 0.718. The van der Waals surface area contributed by atoms with Crippen molar-refractivity contribution in [3.05, 3.63) is 12.7 Å². The van der Waals surface area contributed by atoms with Gasteiger partial charge in [-0.05, 0) is 44.6 Å². The summed E-state index contributed by atoms with van der Waals surface area (Å²) in [5, 5.41) is 3.93. The molecule has 2 aliphatic rings. The molecule has 18 heavy (non-hydrogen) atoms. The lowest BCUT2D eigenvalue weighted by Crippen LogP contribution is -2.53. The molecule has 2 heteroatoms. The second kappa shape index (κ2) is 7.30. The Morgan fingerprint density at radius 2 is 2.06 bits per heavy atom. The molecule has 1 heterocycles. The van der Waals surface area contributed by atoms with Gasteiger partial charge in [-0.2, -0.15) is 0 Å². The van der Waals surface area contributed by atoms with Crippen molar-refractivity contribution in [2.24, 2.45) is 5.92 Å². The molecule has 0 amide bonds. The van der Waals surface area contributed by atoms with Crippen molar-refractivity contribution in [1.29, 1.82) is 0 Å². The van der Waals surface area contributed by atoms with Crippen LogP contribution >= 0.6 is 0 Å². The third-order valence-corrected chi connectivity index (χ3v) is 4.65. The van der Waals surface area contributed by atoms with E-state index in [2.05, 4.69) is 23.7 Å². The zero-order valence-corrected chi connectivity index (χ0v) is 12.0. The van der Waals surface area contributed by atoms with E-state index in [0.717, 1.165) is 24.5 Å². The number of rotatable bonds is 6. The first-order valence-corrected chi connectivity index (χ1v) is 7.92. The normalized spacial score (nSPS) is 32.2. The van der Waals surface area contributed by atoms with Gasteiger partial charge in [-0.3, -0.25) is 4.90 Å². The van der Waals surface area contributed by atoms with Gasteiger partial charge in [0.05, 0.1) is 0 Å². The van der Waals surface area contributed by atoms with Gasteiger partial charge in [0.2, 0.25) is 0 Å². The Kier molecular flexibility index (Phi) is 5.71. The van der Waals surface area contributed by atoms with Crippen molar-refractivity contribution in [2.45, 2.75) is 64.0 Å². The van der Waals surface area contributed by atoms with E-state index >= 15 is 0 Å². The summed E-state index contributed by atoms with van der Waals surface area (Å²) < 4.78 is 0. The topological polar surface area (TPSA) is 15.3 Å². The molecular weight excluding hydrogens is 220 g/mol. The summed E-state index contributed by atoms with van der Waals surface area (Å²) in [4.78, 5) is 2.55. The van der Waals surface area contributed by atoms with Gasteiger partial charge in [0.15, 0.2) is 0 Å². The fraction of sp³-hybridized carbons (Fsp3) is 0.875. The maximum atomic E-state index is 3.93. The van der Waals surface area contributed by atoms with Crippen molar-refractivity contribution in [1.82, 2.24) is 10.2 Å². The summed E-state index contributed by atoms with van der Waals surface area (Å²) >= 11 is 0. The van der Waals surface area contributed by atoms with Crippen LogP contribution in [-0.2, 0) is 0 Å². The summed E-state index contributed by atoms with van der Waals surface area (Å²) in [5.41, 5.74) is 0. The molecule has 0 aromatic heterocycles. The highest BCUT2D eigenvalue weighted by atomic mass is 15.2. The van der Waals surface area contributed by atoms with Gasteiger partial charge in [-0.25, -0.2) is 0 Å². The van der Waals surface area contributed by atoms with Crippen LogP contribution in [0.15, 0.2) is 12.7 Å². The lowest BCUT2D eigenvalue weighted by atomic mass is 9.78. The second-order valence-corrected chi connectivity index (χ2v) is 6.14. The summed E-state index contributed by atoms with van der Waals surface area (Å²) in [6, 6.07) is 1.54. The highest BCUT2D eigenvalue weighted by Gasteiger charge is 2.31. The van der Waals surface area contributed by atoms with Crippen LogP contribution in [0.4, 0.5) is 0 Å². The first-order chi connectivity index (χ1) is 8.83. The van der Waals surface area contributed by atoms with Crippen molar-refractivity contribution >= 4 is 0 Å². The van der Waals surface area contributed by atoms with Crippen molar-refractivity contribution in [3.63, 3.8) is 0 Å². The molecule has 0 aromatic carbocycles. The molecule has 1 saturated heterocycles. The zero-order chi connectivity index (χ0) is 12.8. The van der Waals surface area contributed by atoms with Crippen LogP contribution in [0.5, 0.6) is 0 Å². The van der Waals surface area contributed by atoms with E-state index in [1.54, 1.807) is 0 Å². The van der Waals surface area contributed by atoms with Gasteiger partial charge in [0, 0.05) is 25.2 Å². The molecule has 1 N–H and O–H groups in total. The molecule has 1 saturated carbocycles. The number of fused-ring (bicyclic) bond motifs is 1. The molecule has 2 fully saturated rings. The fourth-order valence-electron chi connectivity index (χ4n) is 3.79. The molecular formula is C16H30N2. The monoisotopic (exact) mass is 250 g/mol. The van der Waals surface area contributed by atoms with E-state index in [-0.39, 0.29) is 0 Å². The maximum absolute atomic E-state index is 3.93. The highest BCUT2D eigenvalue weighted by Crippen LogP contribution is 2.32. The van der Waals surface area contributed by atoms with Gasteiger partial charge in [-0.1, -0.05) is 25.8 Å². The molecule has 1 aliphatic heterocycles. The Labute approximate surface area is 113 Å². The average Bonchev–Trinajstić information content (AvgIpc) is 2.39. The fourth-order valence-corrected chi connectivity index (χ4v) is 3.79. The summed E-state index contributed by atoms with van der Waals surface area (Å²) in [5.74, 6) is 0.981. The minimum Gasteiger partial charge on any atom is -0.310 e. The first-order valence-electron chi connectivity index (χ1n) is 7.92. The molecule has 2 rings (SSSR count). The minimum absolute atomic E-state index is 0.718. The Morgan fingerprint density at radius 3 is 2.83 bits per heavy atom. The molecule has 0 bridgehead atoms. The third kappa shape index (κ3) is 3.83. The van der Waals surface area contributed by atoms with E-state index in [0.29, 0.717) is 0 Å². The van der Waals surface area contributed by atoms with E-state index in [4.69, 9.17) is 0 Å². The van der Waals surface area contributed by atoms with Crippen LogP contribution in [0.3, 0.4) is 0 Å². The van der Waals surface area contributed by atoms with Crippen LogP contribution in [0.1, 0.15) is 51.9 Å². The molecule has 3 unspecified atom stereocenters. The average molecular weight is 250 g/mol. The Morgan fingerprint density at radius 1 is 1.22 bits per heavy atom. The molecule has 0 spiro atoms. The predicted octanol–water partition coefficient (Wildman–Crippen LogP) is 3.20. The van der Waals surface area contributed by atoms with Crippen LogP contribution in [0.2, 0.25) is 0 Å². The SMILES string of the molecule is C=CCN(CCC)CC1CCC2CCCCC2N1. The van der Waals surface area contributed by atoms with E-state index in [1.807, 2.05) is 6.08 Å². The van der Waals surface area contributed by atoms with Crippen LogP contribution in [-0.4, -0.2) is 36.6 Å². The van der Waals surface area contributed by atoms with Gasteiger partial charge >= 0.3 is 0 Å². The maximum Gasteiger partial charge on any atom is 0.0197 e. The molecule has 0 aromatic rings. The second-order valence-electron chi connectivity index (χ2n) is 6.14. The number of nitrogens with one attached hydrogen (secondary N) is 1. The summed E-state index contributed by atoms with van der Waals surface area (Å²) in [6.45, 7) is 9.60. The number of hydrogen-bond donors (Lipinski definition) is 1. The van der Waals surface area contributed by atoms with Gasteiger partial charge < -0.3 is 5.32 Å². The predicted molar refractivity (Wildman–Crippen MR) is 78.8 cm³/mol. The van der Waals surface area contributed by atoms with Crippen molar-refractivity contribution in [3.8, 4) is 0 Å². The van der Waals surface area contributed by atoms with Gasteiger partial charge in [0.1, 0.15) is 0 Å². The zero-order valence-electron chi connectivity index (χ0n) is 12.0. The van der Waals surface area contributed by atoms with E-state index < -0.39 is 0 Å². The van der Waals surface area contributed by atoms with E-state index in [1.165, 1.54) is 58.0 Å². The number of piperidine rings is 1. The van der Waals surface area contributed by atoms with Crippen LogP contribution in [0, 0.1) is 5.92 Å². The Bertz CT molecular complexity index is 251. The van der Waals surface area contributed by atoms with Gasteiger partial charge in [0.25, 0.3) is 0 Å². The lowest BCUT2D eigenvalue weighted by Gasteiger charge is -2.42. The first kappa shape index (κ1) is 14.1. The Balaban J connectivity index is 1.80. The largest absolute Gasteiger partial charge is 0.310 e. The molecule has 3 atom stereocenters. The van der Waals surface area contributed by atoms with Crippen LogP contribution in [0.25, 0.3) is 0 Å². The molecule has 0 radical (unpaired) electrons. The molecule has 2 nitrogen and oxygen atoms in total. The van der Waals surface area contributed by atoms with Crippen molar-refractivity contribution in [2.75, 3.05) is 19.6 Å². The summed E-state index contributed by atoms with van der Waals surface area (Å²) in [6.07, 6.45) is 11.9. The lowest BCUT2D eigenvalue weighted by molar-refractivity contribution is 0.148. The molecule has 1 aliphatic carbocycles. The third-order valence-electron chi connectivity index (χ3n) is 4.65. The number of hydrogen-bond acceptors (Lipinski definition) is 2. The molecule has 104 valence electrons. The van der Waals surface area contributed by atoms with E-state index in [9.17, 15) is 0 Å². The highest BCUT2D eigenvalue weighted by molar-refractivity contribution is 4.91. The Hall–Kier alpha value is -0.340. The van der Waals surface area contributed by atoms with Crippen LogP contribution < -0.4 is 5.32 Å². The van der Waals surface area contributed by atoms with Gasteiger partial charge in [-0.15, -0.1) is 6.58 Å². The summed E-state index contributed by atoms with van der Waals surface area (Å²) in [7, 11) is 0. The number of nitrogens with zero attached hydrogens (tertiary/aromatic N) is 1. The quantitative estimate of drug-likeness (QED) is 0.728. The van der Waals surface area contributed by atoms with Crippen molar-refractivity contribution < 1.29 is 0 Å².